The molecule has 90 valence electrons. The Labute approximate surface area is 102 Å². The van der Waals surface area contributed by atoms with E-state index in [9.17, 15) is 0 Å². The molecule has 1 unspecified atom stereocenters. The SMILES string of the molecule is Cc1[nH]c2ccccc2c1CC(C)NC1CC1. The largest absolute Gasteiger partial charge is 0.358 e. The Morgan fingerprint density at radius 1 is 1.35 bits per heavy atom. The lowest BCUT2D eigenvalue weighted by molar-refractivity contribution is 0.543. The second kappa shape index (κ2) is 4.19. The molecule has 0 spiro atoms. The van der Waals surface area contributed by atoms with Crippen molar-refractivity contribution in [2.24, 2.45) is 0 Å². The van der Waals surface area contributed by atoms with Gasteiger partial charge >= 0.3 is 0 Å². The van der Waals surface area contributed by atoms with Gasteiger partial charge in [0.15, 0.2) is 0 Å². The van der Waals surface area contributed by atoms with E-state index in [0.29, 0.717) is 6.04 Å². The molecule has 2 heteroatoms. The van der Waals surface area contributed by atoms with Gasteiger partial charge in [-0.15, -0.1) is 0 Å². The first kappa shape index (κ1) is 10.8. The summed E-state index contributed by atoms with van der Waals surface area (Å²) in [6.07, 6.45) is 3.83. The van der Waals surface area contributed by atoms with E-state index in [0.717, 1.165) is 12.5 Å². The van der Waals surface area contributed by atoms with Crippen LogP contribution in [-0.4, -0.2) is 17.1 Å². The Hall–Kier alpha value is -1.28. The van der Waals surface area contributed by atoms with Gasteiger partial charge < -0.3 is 10.3 Å². The molecule has 1 fully saturated rings. The minimum Gasteiger partial charge on any atom is -0.358 e. The first-order valence-corrected chi connectivity index (χ1v) is 6.56. The third kappa shape index (κ3) is 2.22. The van der Waals surface area contributed by atoms with E-state index in [1.807, 2.05) is 0 Å². The molecule has 1 saturated carbocycles. The molecule has 1 atom stereocenters. The first-order valence-electron chi connectivity index (χ1n) is 6.56. The minimum absolute atomic E-state index is 0.570. The molecule has 0 radical (unpaired) electrons. The summed E-state index contributed by atoms with van der Waals surface area (Å²) in [6.45, 7) is 4.47. The lowest BCUT2D eigenvalue weighted by Gasteiger charge is -2.13. The second-order valence-electron chi connectivity index (χ2n) is 5.32. The number of fused-ring (bicyclic) bond motifs is 1. The highest BCUT2D eigenvalue weighted by atomic mass is 15.0. The van der Waals surface area contributed by atoms with Gasteiger partial charge in [0.25, 0.3) is 0 Å². The van der Waals surface area contributed by atoms with Crippen molar-refractivity contribution in [3.63, 3.8) is 0 Å². The lowest BCUT2D eigenvalue weighted by Crippen LogP contribution is -2.30. The third-order valence-electron chi connectivity index (χ3n) is 3.63. The van der Waals surface area contributed by atoms with Crippen molar-refractivity contribution in [3.8, 4) is 0 Å². The van der Waals surface area contributed by atoms with E-state index in [4.69, 9.17) is 0 Å². The van der Waals surface area contributed by atoms with Crippen LogP contribution in [0.3, 0.4) is 0 Å². The van der Waals surface area contributed by atoms with Gasteiger partial charge in [0.05, 0.1) is 0 Å². The molecule has 2 nitrogen and oxygen atoms in total. The highest BCUT2D eigenvalue weighted by Crippen LogP contribution is 2.24. The summed E-state index contributed by atoms with van der Waals surface area (Å²) in [6, 6.07) is 9.95. The number of aryl methyl sites for hydroxylation is 1. The number of hydrogen-bond acceptors (Lipinski definition) is 1. The maximum absolute atomic E-state index is 3.67. The molecule has 2 aromatic rings. The number of H-pyrrole nitrogens is 1. The fourth-order valence-corrected chi connectivity index (χ4v) is 2.62. The number of aromatic nitrogens is 1. The van der Waals surface area contributed by atoms with Crippen LogP contribution in [0.2, 0.25) is 0 Å². The standard InChI is InChI=1S/C15H20N2/c1-10(16-12-7-8-12)9-14-11(2)17-15-6-4-3-5-13(14)15/h3-6,10,12,16-17H,7-9H2,1-2H3. The van der Waals surface area contributed by atoms with Crippen LogP contribution in [0, 0.1) is 6.92 Å². The van der Waals surface area contributed by atoms with Gasteiger partial charge in [-0.05, 0) is 44.7 Å². The first-order chi connectivity index (χ1) is 8.24. The Morgan fingerprint density at radius 3 is 2.88 bits per heavy atom. The summed E-state index contributed by atoms with van der Waals surface area (Å²) >= 11 is 0. The molecular formula is C15H20N2. The maximum atomic E-state index is 3.67. The van der Waals surface area contributed by atoms with Gasteiger partial charge in [0.2, 0.25) is 0 Å². The van der Waals surface area contributed by atoms with Crippen LogP contribution in [0.15, 0.2) is 24.3 Å². The van der Waals surface area contributed by atoms with Crippen molar-refractivity contribution in [2.75, 3.05) is 0 Å². The lowest BCUT2D eigenvalue weighted by atomic mass is 10.0. The Balaban J connectivity index is 1.85. The van der Waals surface area contributed by atoms with Gasteiger partial charge in [-0.1, -0.05) is 18.2 Å². The summed E-state index contributed by atoms with van der Waals surface area (Å²) in [5, 5.41) is 5.05. The fraction of sp³-hybridized carbons (Fsp3) is 0.467. The molecule has 3 rings (SSSR count). The van der Waals surface area contributed by atoms with Crippen LogP contribution in [0.25, 0.3) is 10.9 Å². The van der Waals surface area contributed by atoms with Crippen LogP contribution in [0.4, 0.5) is 0 Å². The molecule has 2 N–H and O–H groups in total. The molecule has 1 aliphatic carbocycles. The molecule has 0 saturated heterocycles. The topological polar surface area (TPSA) is 27.8 Å². The van der Waals surface area contributed by atoms with E-state index in [1.165, 1.54) is 35.0 Å². The van der Waals surface area contributed by atoms with Gasteiger partial charge in [-0.3, -0.25) is 0 Å². The summed E-state index contributed by atoms with van der Waals surface area (Å²) in [4.78, 5) is 3.47. The molecule has 1 aromatic carbocycles. The number of para-hydroxylation sites is 1. The van der Waals surface area contributed by atoms with Crippen LogP contribution in [0.5, 0.6) is 0 Å². The molecule has 17 heavy (non-hydrogen) atoms. The van der Waals surface area contributed by atoms with Crippen LogP contribution < -0.4 is 5.32 Å². The number of rotatable bonds is 4. The molecule has 0 bridgehead atoms. The molecule has 1 aliphatic rings. The summed E-state index contributed by atoms with van der Waals surface area (Å²) in [5.74, 6) is 0. The van der Waals surface area contributed by atoms with Gasteiger partial charge in [0.1, 0.15) is 0 Å². The van der Waals surface area contributed by atoms with E-state index < -0.39 is 0 Å². The zero-order valence-corrected chi connectivity index (χ0v) is 10.6. The summed E-state index contributed by atoms with van der Waals surface area (Å²) in [7, 11) is 0. The van der Waals surface area contributed by atoms with Crippen molar-refractivity contribution in [1.29, 1.82) is 0 Å². The normalized spacial score (nSPS) is 17.5. The number of aromatic amines is 1. The smallest absolute Gasteiger partial charge is 0.0458 e. The monoisotopic (exact) mass is 228 g/mol. The average molecular weight is 228 g/mol. The maximum Gasteiger partial charge on any atom is 0.0458 e. The molecule has 0 aliphatic heterocycles. The Morgan fingerprint density at radius 2 is 2.12 bits per heavy atom. The van der Waals surface area contributed by atoms with Crippen molar-refractivity contribution in [2.45, 2.75) is 45.2 Å². The quantitative estimate of drug-likeness (QED) is 0.826. The summed E-state index contributed by atoms with van der Waals surface area (Å²) < 4.78 is 0. The molecule has 0 amide bonds. The predicted molar refractivity (Wildman–Crippen MR) is 72.4 cm³/mol. The Kier molecular flexibility index (Phi) is 2.67. The van der Waals surface area contributed by atoms with Crippen molar-refractivity contribution in [1.82, 2.24) is 10.3 Å². The number of hydrogen-bond donors (Lipinski definition) is 2. The minimum atomic E-state index is 0.570. The van der Waals surface area contributed by atoms with Crippen LogP contribution in [-0.2, 0) is 6.42 Å². The Bertz CT molecular complexity index is 523. The van der Waals surface area contributed by atoms with Crippen LogP contribution >= 0.6 is 0 Å². The molecular weight excluding hydrogens is 208 g/mol. The average Bonchev–Trinajstić information content (AvgIpc) is 3.05. The van der Waals surface area contributed by atoms with Crippen LogP contribution in [0.1, 0.15) is 31.0 Å². The van der Waals surface area contributed by atoms with Gasteiger partial charge in [-0.25, -0.2) is 0 Å². The van der Waals surface area contributed by atoms with E-state index in [1.54, 1.807) is 0 Å². The van der Waals surface area contributed by atoms with Crippen molar-refractivity contribution < 1.29 is 0 Å². The zero-order valence-electron chi connectivity index (χ0n) is 10.6. The fourth-order valence-electron chi connectivity index (χ4n) is 2.62. The summed E-state index contributed by atoms with van der Waals surface area (Å²) in [5.41, 5.74) is 4.05. The number of nitrogens with one attached hydrogen (secondary N) is 2. The predicted octanol–water partition coefficient (Wildman–Crippen LogP) is 3.16. The van der Waals surface area contributed by atoms with E-state index in [2.05, 4.69) is 48.4 Å². The van der Waals surface area contributed by atoms with Gasteiger partial charge in [-0.2, -0.15) is 0 Å². The highest BCUT2D eigenvalue weighted by Gasteiger charge is 2.23. The molecule has 1 aromatic heterocycles. The highest BCUT2D eigenvalue weighted by molar-refractivity contribution is 5.84. The second-order valence-corrected chi connectivity index (χ2v) is 5.32. The van der Waals surface area contributed by atoms with E-state index >= 15 is 0 Å². The molecule has 1 heterocycles. The van der Waals surface area contributed by atoms with E-state index in [-0.39, 0.29) is 0 Å². The van der Waals surface area contributed by atoms with Crippen molar-refractivity contribution in [3.05, 3.63) is 35.5 Å². The third-order valence-corrected chi connectivity index (χ3v) is 3.63. The zero-order chi connectivity index (χ0) is 11.8. The van der Waals surface area contributed by atoms with Gasteiger partial charge in [0, 0.05) is 28.7 Å². The van der Waals surface area contributed by atoms with Crippen molar-refractivity contribution >= 4 is 10.9 Å². The number of benzene rings is 1.